The Bertz CT molecular complexity index is 587. The van der Waals surface area contributed by atoms with E-state index in [-0.39, 0.29) is 17.5 Å². The molecule has 1 aliphatic rings. The Balaban J connectivity index is 1.84. The minimum Gasteiger partial charge on any atom is -0.481 e. The number of halogens is 2. The third kappa shape index (κ3) is 4.64. The molecule has 0 unspecified atom stereocenters. The normalized spacial score (nSPS) is 22.2. The monoisotopic (exact) mass is 326 g/mol. The van der Waals surface area contributed by atoms with Gasteiger partial charge in [0.15, 0.2) is 0 Å². The zero-order valence-corrected chi connectivity index (χ0v) is 12.8. The number of carbonyl (C=O) groups is 2. The summed E-state index contributed by atoms with van der Waals surface area (Å²) in [5.74, 6) is -2.52. The Kier molecular flexibility index (Phi) is 5.52. The summed E-state index contributed by atoms with van der Waals surface area (Å²) in [6.45, 7) is 1.61. The number of urea groups is 1. The summed E-state index contributed by atoms with van der Waals surface area (Å²) in [6.07, 6.45) is 2.26. The summed E-state index contributed by atoms with van der Waals surface area (Å²) in [5.41, 5.74) is 0.205. The first-order chi connectivity index (χ1) is 10.9. The van der Waals surface area contributed by atoms with E-state index < -0.39 is 29.7 Å². The number of hydrogen-bond acceptors (Lipinski definition) is 2. The van der Waals surface area contributed by atoms with E-state index in [0.717, 1.165) is 12.1 Å². The second-order valence-corrected chi connectivity index (χ2v) is 5.89. The highest BCUT2D eigenvalue weighted by Crippen LogP contribution is 2.24. The smallest absolute Gasteiger partial charge is 0.315 e. The van der Waals surface area contributed by atoms with Crippen LogP contribution in [0, 0.1) is 17.6 Å². The molecule has 0 radical (unpaired) electrons. The van der Waals surface area contributed by atoms with Crippen LogP contribution in [-0.4, -0.2) is 23.1 Å². The number of hydrogen-bond donors (Lipinski definition) is 3. The van der Waals surface area contributed by atoms with Crippen LogP contribution in [0.1, 0.15) is 44.2 Å². The summed E-state index contributed by atoms with van der Waals surface area (Å²) >= 11 is 0. The van der Waals surface area contributed by atoms with Gasteiger partial charge in [-0.1, -0.05) is 6.07 Å². The average Bonchev–Trinajstić information content (AvgIpc) is 2.47. The fourth-order valence-corrected chi connectivity index (χ4v) is 2.84. The van der Waals surface area contributed by atoms with E-state index in [1.54, 1.807) is 6.92 Å². The summed E-state index contributed by atoms with van der Waals surface area (Å²) in [7, 11) is 0. The first-order valence-corrected chi connectivity index (χ1v) is 7.61. The molecule has 7 heteroatoms. The van der Waals surface area contributed by atoms with Gasteiger partial charge < -0.3 is 15.7 Å². The van der Waals surface area contributed by atoms with Crippen molar-refractivity contribution in [3.63, 3.8) is 0 Å². The number of carboxylic acids is 1. The molecule has 1 atom stereocenters. The van der Waals surface area contributed by atoms with Crippen LogP contribution in [0.5, 0.6) is 0 Å². The van der Waals surface area contributed by atoms with E-state index in [9.17, 15) is 18.4 Å². The van der Waals surface area contributed by atoms with E-state index >= 15 is 0 Å². The van der Waals surface area contributed by atoms with Crippen molar-refractivity contribution in [2.75, 3.05) is 0 Å². The number of carboxylic acid groups (broad SMARTS) is 1. The molecule has 23 heavy (non-hydrogen) atoms. The van der Waals surface area contributed by atoms with Crippen molar-refractivity contribution >= 4 is 12.0 Å². The molecule has 0 saturated heterocycles. The van der Waals surface area contributed by atoms with E-state index in [1.807, 2.05) is 0 Å². The first-order valence-electron chi connectivity index (χ1n) is 7.61. The lowest BCUT2D eigenvalue weighted by Gasteiger charge is -2.27. The van der Waals surface area contributed by atoms with Crippen LogP contribution < -0.4 is 10.6 Å². The van der Waals surface area contributed by atoms with E-state index in [4.69, 9.17) is 5.11 Å². The van der Waals surface area contributed by atoms with Gasteiger partial charge in [-0.25, -0.2) is 13.6 Å². The minimum absolute atomic E-state index is 0.0872. The number of rotatable bonds is 4. The van der Waals surface area contributed by atoms with Crippen molar-refractivity contribution in [1.29, 1.82) is 0 Å². The largest absolute Gasteiger partial charge is 0.481 e. The van der Waals surface area contributed by atoms with Gasteiger partial charge in [-0.2, -0.15) is 0 Å². The Morgan fingerprint density at radius 3 is 2.43 bits per heavy atom. The first kappa shape index (κ1) is 17.2. The lowest BCUT2D eigenvalue weighted by Crippen LogP contribution is -2.44. The molecule has 5 nitrogen and oxygen atoms in total. The molecule has 1 fully saturated rings. The van der Waals surface area contributed by atoms with Crippen molar-refractivity contribution in [3.05, 3.63) is 35.4 Å². The maximum absolute atomic E-state index is 13.7. The summed E-state index contributed by atoms with van der Waals surface area (Å²) in [5, 5.41) is 14.3. The average molecular weight is 326 g/mol. The molecule has 1 aliphatic carbocycles. The van der Waals surface area contributed by atoms with Gasteiger partial charge in [-0.05, 0) is 38.7 Å². The van der Waals surface area contributed by atoms with Gasteiger partial charge in [0.25, 0.3) is 0 Å². The molecule has 0 heterocycles. The Labute approximate surface area is 133 Å². The van der Waals surface area contributed by atoms with Crippen LogP contribution in [0.25, 0.3) is 0 Å². The molecular weight excluding hydrogens is 306 g/mol. The SMILES string of the molecule is C[C@H](NC(=O)NC1CCC(C(=O)O)CC1)c1ccc(F)cc1F. The van der Waals surface area contributed by atoms with Crippen molar-refractivity contribution in [3.8, 4) is 0 Å². The van der Waals surface area contributed by atoms with Gasteiger partial charge in [0, 0.05) is 17.7 Å². The number of carbonyl (C=O) groups excluding carboxylic acids is 1. The number of amides is 2. The molecular formula is C16H20F2N2O3. The van der Waals surface area contributed by atoms with E-state index in [2.05, 4.69) is 10.6 Å². The zero-order valence-electron chi connectivity index (χ0n) is 12.8. The lowest BCUT2D eigenvalue weighted by atomic mass is 9.86. The second kappa shape index (κ2) is 7.39. The van der Waals surface area contributed by atoms with Crippen molar-refractivity contribution in [2.45, 2.75) is 44.7 Å². The van der Waals surface area contributed by atoms with Gasteiger partial charge in [0.1, 0.15) is 11.6 Å². The van der Waals surface area contributed by atoms with Crippen molar-refractivity contribution < 1.29 is 23.5 Å². The van der Waals surface area contributed by atoms with Crippen LogP contribution in [0.2, 0.25) is 0 Å². The number of nitrogens with one attached hydrogen (secondary N) is 2. The molecule has 1 aromatic carbocycles. The lowest BCUT2D eigenvalue weighted by molar-refractivity contribution is -0.142. The highest BCUT2D eigenvalue weighted by Gasteiger charge is 2.27. The van der Waals surface area contributed by atoms with Crippen molar-refractivity contribution in [1.82, 2.24) is 10.6 Å². The Hall–Kier alpha value is -2.18. The van der Waals surface area contributed by atoms with Gasteiger partial charge >= 0.3 is 12.0 Å². The predicted molar refractivity (Wildman–Crippen MR) is 79.8 cm³/mol. The third-order valence-electron chi connectivity index (χ3n) is 4.19. The van der Waals surface area contributed by atoms with E-state index in [0.29, 0.717) is 25.7 Å². The zero-order chi connectivity index (χ0) is 17.0. The molecule has 3 N–H and O–H groups in total. The fourth-order valence-electron chi connectivity index (χ4n) is 2.84. The highest BCUT2D eigenvalue weighted by atomic mass is 19.1. The molecule has 0 aromatic heterocycles. The molecule has 1 aromatic rings. The van der Waals surface area contributed by atoms with Gasteiger partial charge in [0.05, 0.1) is 12.0 Å². The summed E-state index contributed by atoms with van der Waals surface area (Å²) in [4.78, 5) is 22.8. The summed E-state index contributed by atoms with van der Waals surface area (Å²) in [6, 6.07) is 2.08. The van der Waals surface area contributed by atoms with Crippen molar-refractivity contribution in [2.24, 2.45) is 5.92 Å². The maximum Gasteiger partial charge on any atom is 0.315 e. The molecule has 126 valence electrons. The van der Waals surface area contributed by atoms with Crippen LogP contribution >= 0.6 is 0 Å². The molecule has 2 amide bonds. The van der Waals surface area contributed by atoms with Crippen LogP contribution in [-0.2, 0) is 4.79 Å². The standard InChI is InChI=1S/C16H20F2N2O3/c1-9(13-7-4-11(17)8-14(13)18)19-16(23)20-12-5-2-10(3-6-12)15(21)22/h4,7-10,12H,2-3,5-6H2,1H3,(H,21,22)(H2,19,20,23)/t9-,10?,12?/m0/s1. The quantitative estimate of drug-likeness (QED) is 0.796. The van der Waals surface area contributed by atoms with Crippen LogP contribution in [0.4, 0.5) is 13.6 Å². The molecule has 1 saturated carbocycles. The van der Waals surface area contributed by atoms with Crippen LogP contribution in [0.15, 0.2) is 18.2 Å². The van der Waals surface area contributed by atoms with Gasteiger partial charge in [-0.3, -0.25) is 4.79 Å². The topological polar surface area (TPSA) is 78.4 Å². The maximum atomic E-state index is 13.7. The van der Waals surface area contributed by atoms with Gasteiger partial charge in [0.2, 0.25) is 0 Å². The number of aliphatic carboxylic acids is 1. The summed E-state index contributed by atoms with van der Waals surface area (Å²) < 4.78 is 26.6. The number of benzene rings is 1. The van der Waals surface area contributed by atoms with E-state index in [1.165, 1.54) is 6.07 Å². The Morgan fingerprint density at radius 1 is 1.22 bits per heavy atom. The molecule has 0 aliphatic heterocycles. The van der Waals surface area contributed by atoms with Crippen LogP contribution in [0.3, 0.4) is 0 Å². The fraction of sp³-hybridized carbons (Fsp3) is 0.500. The minimum atomic E-state index is -0.798. The molecule has 0 bridgehead atoms. The third-order valence-corrected chi connectivity index (χ3v) is 4.19. The molecule has 0 spiro atoms. The highest BCUT2D eigenvalue weighted by molar-refractivity contribution is 5.75. The predicted octanol–water partition coefficient (Wildman–Crippen LogP) is 2.97. The Morgan fingerprint density at radius 2 is 1.87 bits per heavy atom. The molecule has 2 rings (SSSR count). The second-order valence-electron chi connectivity index (χ2n) is 5.89. The van der Waals surface area contributed by atoms with Gasteiger partial charge in [-0.15, -0.1) is 0 Å².